The fourth-order valence-electron chi connectivity index (χ4n) is 2.49. The van der Waals surface area contributed by atoms with Gasteiger partial charge in [0.05, 0.1) is 24.4 Å². The summed E-state index contributed by atoms with van der Waals surface area (Å²) in [6.07, 6.45) is 8.08. The van der Waals surface area contributed by atoms with Gasteiger partial charge in [-0.2, -0.15) is 10.1 Å². The molecule has 0 saturated carbocycles. The van der Waals surface area contributed by atoms with Crippen molar-refractivity contribution in [2.75, 3.05) is 26.2 Å². The Morgan fingerprint density at radius 2 is 1.07 bits per heavy atom. The van der Waals surface area contributed by atoms with E-state index in [0.29, 0.717) is 19.4 Å². The van der Waals surface area contributed by atoms with E-state index in [0.717, 1.165) is 38.9 Å². The molecular formula is C20H44N2NiO6. The maximum atomic E-state index is 8.74. The molecule has 2 aliphatic heterocycles. The molecule has 1 fully saturated rings. The van der Waals surface area contributed by atoms with Crippen LogP contribution in [0.5, 0.6) is 0 Å². The molecule has 0 aromatic heterocycles. The zero-order chi connectivity index (χ0) is 21.9. The molecule has 2 rings (SSSR count). The number of hydrogen-bond acceptors (Lipinski definition) is 8. The summed E-state index contributed by atoms with van der Waals surface area (Å²) in [6.45, 7) is 9.87. The number of nitrogens with zero attached hydrogens (tertiary/aromatic N) is 2. The first-order valence-electron chi connectivity index (χ1n) is 10.3. The largest absolute Gasteiger partial charge is 0.393 e. The standard InChI is InChI=1S/C5H11NO.C5H9NO.2C5H12O2.Ni/c2*7-6-4-2-1-3-5-6;2*1-4(6)3-5(2)7;/h7H,1-5H2;1-2,7H,3-5H2;2*4-7H,3H2,1-2H3;. The second-order valence-electron chi connectivity index (χ2n) is 7.55. The molecule has 4 atom stereocenters. The van der Waals surface area contributed by atoms with E-state index < -0.39 is 0 Å². The van der Waals surface area contributed by atoms with Gasteiger partial charge in [0.15, 0.2) is 0 Å². The van der Waals surface area contributed by atoms with E-state index in [4.69, 9.17) is 30.8 Å². The third kappa shape index (κ3) is 32.8. The van der Waals surface area contributed by atoms with Crippen LogP contribution in [0.4, 0.5) is 0 Å². The Bertz CT molecular complexity index is 326. The van der Waals surface area contributed by atoms with Crippen LogP contribution in [-0.2, 0) is 16.5 Å². The second kappa shape index (κ2) is 22.6. The van der Waals surface area contributed by atoms with Crippen LogP contribution < -0.4 is 0 Å². The molecule has 1 saturated heterocycles. The van der Waals surface area contributed by atoms with Crippen molar-refractivity contribution in [1.29, 1.82) is 0 Å². The molecule has 2 aliphatic rings. The molecule has 6 N–H and O–H groups in total. The Morgan fingerprint density at radius 3 is 1.21 bits per heavy atom. The summed E-state index contributed by atoms with van der Waals surface area (Å²) in [5.74, 6) is 0. The first kappa shape index (κ1) is 33.5. The molecule has 0 aromatic carbocycles. The summed E-state index contributed by atoms with van der Waals surface area (Å²) < 4.78 is 0. The zero-order valence-corrected chi connectivity index (χ0v) is 19.4. The molecule has 180 valence electrons. The average molecular weight is 467 g/mol. The van der Waals surface area contributed by atoms with E-state index in [-0.39, 0.29) is 40.9 Å². The van der Waals surface area contributed by atoms with Gasteiger partial charge in [-0.3, -0.25) is 0 Å². The number of hydrogen-bond donors (Lipinski definition) is 6. The minimum Gasteiger partial charge on any atom is -0.393 e. The predicted molar refractivity (Wildman–Crippen MR) is 110 cm³/mol. The van der Waals surface area contributed by atoms with Gasteiger partial charge in [0.25, 0.3) is 0 Å². The van der Waals surface area contributed by atoms with Crippen molar-refractivity contribution >= 4 is 0 Å². The van der Waals surface area contributed by atoms with E-state index in [1.807, 2.05) is 6.08 Å². The van der Waals surface area contributed by atoms with Crippen LogP contribution >= 0.6 is 0 Å². The molecule has 9 heteroatoms. The van der Waals surface area contributed by atoms with Crippen LogP contribution in [-0.4, -0.2) is 91.6 Å². The number of aliphatic hydroxyl groups excluding tert-OH is 4. The van der Waals surface area contributed by atoms with E-state index in [1.54, 1.807) is 27.7 Å². The summed E-state index contributed by atoms with van der Waals surface area (Å²) in [5.41, 5.74) is 0. The second-order valence-corrected chi connectivity index (χ2v) is 7.55. The van der Waals surface area contributed by atoms with Gasteiger partial charge in [0.2, 0.25) is 0 Å². The summed E-state index contributed by atoms with van der Waals surface area (Å²) in [5, 5.41) is 54.4. The summed E-state index contributed by atoms with van der Waals surface area (Å²) in [6, 6.07) is 0. The number of aliphatic hydroxyl groups is 4. The number of rotatable bonds is 4. The van der Waals surface area contributed by atoms with E-state index in [2.05, 4.69) is 6.08 Å². The molecule has 0 aliphatic carbocycles. The molecule has 29 heavy (non-hydrogen) atoms. The van der Waals surface area contributed by atoms with Gasteiger partial charge in [0.1, 0.15) is 0 Å². The Morgan fingerprint density at radius 1 is 0.655 bits per heavy atom. The average Bonchev–Trinajstić information content (AvgIpc) is 2.55. The SMILES string of the molecule is CC(O)CC(C)O.CC(O)CC(C)O.ON1CC=CCC1.ON1CCCCC1.[Ni]. The smallest absolute Gasteiger partial charge is 0.0536 e. The zero-order valence-electron chi connectivity index (χ0n) is 18.4. The monoisotopic (exact) mass is 466 g/mol. The quantitative estimate of drug-likeness (QED) is 0.273. The van der Waals surface area contributed by atoms with Crippen LogP contribution in [0.2, 0.25) is 0 Å². The molecule has 4 unspecified atom stereocenters. The van der Waals surface area contributed by atoms with Gasteiger partial charge in [-0.1, -0.05) is 18.6 Å². The van der Waals surface area contributed by atoms with Gasteiger partial charge in [-0.25, -0.2) is 0 Å². The van der Waals surface area contributed by atoms with Crippen molar-refractivity contribution in [3.8, 4) is 0 Å². The third-order valence-electron chi connectivity index (χ3n) is 3.73. The van der Waals surface area contributed by atoms with Gasteiger partial charge in [-0.05, 0) is 59.8 Å². The minimum absolute atomic E-state index is 0. The summed E-state index contributed by atoms with van der Waals surface area (Å²) in [7, 11) is 0. The van der Waals surface area contributed by atoms with Gasteiger partial charge < -0.3 is 30.8 Å². The Kier molecular flexibility index (Phi) is 26.1. The van der Waals surface area contributed by atoms with Crippen LogP contribution in [0.1, 0.15) is 66.2 Å². The summed E-state index contributed by atoms with van der Waals surface area (Å²) >= 11 is 0. The first-order valence-corrected chi connectivity index (χ1v) is 10.3. The van der Waals surface area contributed by atoms with Crippen molar-refractivity contribution < 1.29 is 47.3 Å². The summed E-state index contributed by atoms with van der Waals surface area (Å²) in [4.78, 5) is 0. The van der Waals surface area contributed by atoms with Crippen molar-refractivity contribution in [3.63, 3.8) is 0 Å². The van der Waals surface area contributed by atoms with Gasteiger partial charge in [0, 0.05) is 42.7 Å². The Hall–Kier alpha value is -0.0865. The van der Waals surface area contributed by atoms with Gasteiger partial charge in [-0.15, -0.1) is 0 Å². The van der Waals surface area contributed by atoms with Gasteiger partial charge >= 0.3 is 0 Å². The molecular weight excluding hydrogens is 423 g/mol. The Balaban J connectivity index is -0.000000307. The van der Waals surface area contributed by atoms with Crippen LogP contribution in [0, 0.1) is 0 Å². The van der Waals surface area contributed by atoms with Crippen molar-refractivity contribution in [2.45, 2.75) is 90.6 Å². The van der Waals surface area contributed by atoms with E-state index >= 15 is 0 Å². The Labute approximate surface area is 186 Å². The molecule has 0 spiro atoms. The normalized spacial score (nSPS) is 20.8. The molecule has 0 bridgehead atoms. The molecule has 2 heterocycles. The van der Waals surface area contributed by atoms with E-state index in [1.165, 1.54) is 16.5 Å². The molecule has 0 amide bonds. The van der Waals surface area contributed by atoms with Crippen LogP contribution in [0.15, 0.2) is 12.2 Å². The van der Waals surface area contributed by atoms with Crippen molar-refractivity contribution in [1.82, 2.24) is 10.1 Å². The van der Waals surface area contributed by atoms with E-state index in [9.17, 15) is 0 Å². The minimum atomic E-state index is -0.375. The maximum absolute atomic E-state index is 8.74. The maximum Gasteiger partial charge on any atom is 0.0536 e. The third-order valence-corrected chi connectivity index (χ3v) is 3.73. The fraction of sp³-hybridized carbons (Fsp3) is 0.900. The molecule has 8 nitrogen and oxygen atoms in total. The topological polar surface area (TPSA) is 128 Å². The number of piperidine rings is 1. The van der Waals surface area contributed by atoms with Crippen LogP contribution in [0.25, 0.3) is 0 Å². The fourth-order valence-corrected chi connectivity index (χ4v) is 2.49. The van der Waals surface area contributed by atoms with Crippen molar-refractivity contribution in [3.05, 3.63) is 12.2 Å². The number of hydroxylamine groups is 4. The van der Waals surface area contributed by atoms with Crippen LogP contribution in [0.3, 0.4) is 0 Å². The molecule has 0 aromatic rings. The predicted octanol–water partition coefficient (Wildman–Crippen LogP) is 1.77. The first-order chi connectivity index (χ1) is 13.0. The molecule has 0 radical (unpaired) electrons. The van der Waals surface area contributed by atoms with Crippen molar-refractivity contribution in [2.24, 2.45) is 0 Å².